The Hall–Kier alpha value is -5.48. The molecule has 4 nitrogen and oxygen atoms in total. The zero-order valence-corrected chi connectivity index (χ0v) is 21.3. The Morgan fingerprint density at radius 1 is 0.450 bits per heavy atom. The van der Waals surface area contributed by atoms with E-state index in [1.54, 1.807) is 0 Å². The van der Waals surface area contributed by atoms with Crippen LogP contribution < -0.4 is 14.4 Å². The molecule has 188 valence electrons. The molecule has 6 aromatic carbocycles. The third-order valence-corrected chi connectivity index (χ3v) is 7.86. The van der Waals surface area contributed by atoms with Crippen LogP contribution in [-0.2, 0) is 0 Å². The number of furan rings is 1. The lowest BCUT2D eigenvalue weighted by Crippen LogP contribution is -2.20. The Labute approximate surface area is 230 Å². The summed E-state index contributed by atoms with van der Waals surface area (Å²) >= 11 is 0. The van der Waals surface area contributed by atoms with E-state index >= 15 is 0 Å². The number of nitrogens with zero attached hydrogens (tertiary/aromatic N) is 1. The first-order valence-corrected chi connectivity index (χ1v) is 13.3. The molecule has 40 heavy (non-hydrogen) atoms. The molecule has 0 saturated carbocycles. The minimum absolute atomic E-state index is 0.785. The lowest BCUT2D eigenvalue weighted by atomic mass is 9.96. The first-order chi connectivity index (χ1) is 19.8. The first-order valence-electron chi connectivity index (χ1n) is 13.3. The van der Waals surface area contributed by atoms with E-state index in [9.17, 15) is 0 Å². The smallest absolute Gasteiger partial charge is 0.155 e. The van der Waals surface area contributed by atoms with E-state index in [0.717, 1.165) is 78.7 Å². The molecule has 0 aliphatic carbocycles. The van der Waals surface area contributed by atoms with Gasteiger partial charge in [0, 0.05) is 10.8 Å². The van der Waals surface area contributed by atoms with E-state index in [1.165, 1.54) is 5.56 Å². The predicted octanol–water partition coefficient (Wildman–Crippen LogP) is 10.6. The summed E-state index contributed by atoms with van der Waals surface area (Å²) in [5.74, 6) is 3.23. The molecular weight excluding hydrogens is 494 g/mol. The van der Waals surface area contributed by atoms with Crippen molar-refractivity contribution in [1.29, 1.82) is 0 Å². The number of fused-ring (bicyclic) bond motifs is 7. The molecule has 4 heteroatoms. The van der Waals surface area contributed by atoms with Crippen molar-refractivity contribution in [3.8, 4) is 45.3 Å². The predicted molar refractivity (Wildman–Crippen MR) is 159 cm³/mol. The summed E-state index contributed by atoms with van der Waals surface area (Å²) in [6, 6.07) is 43.7. The average molecular weight is 516 g/mol. The fraction of sp³-hybridized carbons (Fsp3) is 0. The van der Waals surface area contributed by atoms with Gasteiger partial charge in [-0.25, -0.2) is 0 Å². The second kappa shape index (κ2) is 8.01. The molecule has 0 spiro atoms. The van der Waals surface area contributed by atoms with Gasteiger partial charge in [0.2, 0.25) is 0 Å². The summed E-state index contributed by atoms with van der Waals surface area (Å²) in [4.78, 5) is 2.24. The van der Waals surface area contributed by atoms with Crippen molar-refractivity contribution in [2.24, 2.45) is 0 Å². The quantitative estimate of drug-likeness (QED) is 0.229. The van der Waals surface area contributed by atoms with E-state index in [-0.39, 0.29) is 0 Å². The van der Waals surface area contributed by atoms with Crippen molar-refractivity contribution in [3.63, 3.8) is 0 Å². The van der Waals surface area contributed by atoms with Crippen molar-refractivity contribution < 1.29 is 13.9 Å². The summed E-state index contributed by atoms with van der Waals surface area (Å²) in [6.45, 7) is 0. The van der Waals surface area contributed by atoms with Crippen LogP contribution in [-0.4, -0.2) is 0 Å². The molecule has 0 radical (unpaired) electrons. The minimum Gasteiger partial charge on any atom is -0.456 e. The van der Waals surface area contributed by atoms with Crippen LogP contribution in [0.15, 0.2) is 132 Å². The maximum atomic E-state index is 6.44. The molecule has 7 aromatic rings. The molecule has 2 aliphatic heterocycles. The van der Waals surface area contributed by atoms with Gasteiger partial charge in [0.1, 0.15) is 16.9 Å². The van der Waals surface area contributed by atoms with Crippen LogP contribution in [0.3, 0.4) is 0 Å². The molecule has 0 bridgehead atoms. The van der Waals surface area contributed by atoms with E-state index in [4.69, 9.17) is 13.9 Å². The highest BCUT2D eigenvalue weighted by atomic mass is 16.5. The molecular formula is C36H21NO3. The maximum absolute atomic E-state index is 6.44. The largest absolute Gasteiger partial charge is 0.456 e. The average Bonchev–Trinajstić information content (AvgIpc) is 3.40. The van der Waals surface area contributed by atoms with Gasteiger partial charge in [-0.15, -0.1) is 0 Å². The van der Waals surface area contributed by atoms with Crippen LogP contribution in [0.25, 0.3) is 44.2 Å². The van der Waals surface area contributed by atoms with Crippen LogP contribution in [0.4, 0.5) is 17.1 Å². The van der Waals surface area contributed by atoms with E-state index in [1.807, 2.05) is 54.6 Å². The van der Waals surface area contributed by atoms with E-state index in [2.05, 4.69) is 77.7 Å². The topological polar surface area (TPSA) is 34.8 Å². The zero-order chi connectivity index (χ0) is 26.2. The Bertz CT molecular complexity index is 2120. The molecule has 0 amide bonds. The third kappa shape index (κ3) is 3.01. The monoisotopic (exact) mass is 515 g/mol. The normalized spacial score (nSPS) is 12.8. The molecule has 9 rings (SSSR count). The van der Waals surface area contributed by atoms with Gasteiger partial charge in [-0.2, -0.15) is 0 Å². The van der Waals surface area contributed by atoms with E-state index < -0.39 is 0 Å². The number of rotatable bonds is 2. The highest BCUT2D eigenvalue weighted by Gasteiger charge is 2.34. The van der Waals surface area contributed by atoms with Crippen LogP contribution in [0, 0.1) is 0 Å². The van der Waals surface area contributed by atoms with Crippen LogP contribution >= 0.6 is 0 Å². The van der Waals surface area contributed by atoms with Gasteiger partial charge in [0.05, 0.1) is 11.4 Å². The lowest BCUT2D eigenvalue weighted by molar-refractivity contribution is 0.446. The molecule has 0 fully saturated rings. The fourth-order valence-corrected chi connectivity index (χ4v) is 6.04. The van der Waals surface area contributed by atoms with Gasteiger partial charge < -0.3 is 13.9 Å². The van der Waals surface area contributed by atoms with Gasteiger partial charge in [0.15, 0.2) is 23.0 Å². The molecule has 2 aliphatic rings. The second-order valence-electron chi connectivity index (χ2n) is 10.1. The van der Waals surface area contributed by atoms with Crippen molar-refractivity contribution in [1.82, 2.24) is 0 Å². The van der Waals surface area contributed by atoms with Crippen molar-refractivity contribution in [2.75, 3.05) is 4.90 Å². The molecule has 0 saturated heterocycles. The minimum atomic E-state index is 0.785. The second-order valence-corrected chi connectivity index (χ2v) is 10.1. The van der Waals surface area contributed by atoms with Crippen LogP contribution in [0.5, 0.6) is 23.0 Å². The zero-order valence-electron chi connectivity index (χ0n) is 21.3. The Balaban J connectivity index is 1.13. The number of hydrogen-bond donors (Lipinski definition) is 0. The summed E-state index contributed by atoms with van der Waals surface area (Å²) in [7, 11) is 0. The summed E-state index contributed by atoms with van der Waals surface area (Å²) in [6.07, 6.45) is 0. The molecule has 1 aromatic heterocycles. The van der Waals surface area contributed by atoms with Crippen molar-refractivity contribution in [3.05, 3.63) is 127 Å². The van der Waals surface area contributed by atoms with Gasteiger partial charge in [-0.1, -0.05) is 78.9 Å². The Kier molecular flexibility index (Phi) is 4.30. The summed E-state index contributed by atoms with van der Waals surface area (Å²) in [5.41, 5.74) is 9.30. The molecule has 3 heterocycles. The SMILES string of the molecule is c1ccc2c(c1)Oc1cccc3c1N2c1ccc(-c2ccc(-c4cccc5oc6ccccc6c45)cc2)cc1O3. The van der Waals surface area contributed by atoms with Crippen LogP contribution in [0.2, 0.25) is 0 Å². The third-order valence-electron chi connectivity index (χ3n) is 7.86. The van der Waals surface area contributed by atoms with Gasteiger partial charge >= 0.3 is 0 Å². The summed E-state index contributed by atoms with van der Waals surface area (Å²) in [5, 5.41) is 2.29. The molecule has 0 unspecified atom stereocenters. The van der Waals surface area contributed by atoms with Crippen LogP contribution in [0.1, 0.15) is 0 Å². The highest BCUT2D eigenvalue weighted by molar-refractivity contribution is 6.12. The van der Waals surface area contributed by atoms with Gasteiger partial charge in [-0.05, 0) is 70.8 Å². The molecule has 0 atom stereocenters. The Morgan fingerprint density at radius 3 is 2.00 bits per heavy atom. The van der Waals surface area contributed by atoms with Crippen molar-refractivity contribution in [2.45, 2.75) is 0 Å². The lowest BCUT2D eigenvalue weighted by Gasteiger charge is -2.37. The number of para-hydroxylation sites is 4. The number of benzene rings is 6. The number of anilines is 3. The first kappa shape index (κ1) is 21.5. The maximum Gasteiger partial charge on any atom is 0.155 e. The standard InChI is InChI=1S/C36H21NO3/c1-3-10-29-26(7-1)35-25(8-5-12-31(35)38-29)23-17-15-22(16-18-23)24-19-20-28-34(21-24)40-33-14-6-13-32-36(33)37(28)27-9-2-4-11-30(27)39-32/h1-21H. The van der Waals surface area contributed by atoms with Crippen molar-refractivity contribution >= 4 is 39.0 Å². The van der Waals surface area contributed by atoms with E-state index in [0.29, 0.717) is 0 Å². The van der Waals surface area contributed by atoms with Gasteiger partial charge in [0.25, 0.3) is 0 Å². The summed E-state index contributed by atoms with van der Waals surface area (Å²) < 4.78 is 18.8. The number of ether oxygens (including phenoxy) is 2. The number of hydrogen-bond acceptors (Lipinski definition) is 4. The molecule has 0 N–H and O–H groups in total. The fourth-order valence-electron chi connectivity index (χ4n) is 6.04. The highest BCUT2D eigenvalue weighted by Crippen LogP contribution is 2.59. The Morgan fingerprint density at radius 2 is 1.10 bits per heavy atom. The van der Waals surface area contributed by atoms with Gasteiger partial charge in [-0.3, -0.25) is 4.90 Å².